The van der Waals surface area contributed by atoms with Crippen LogP contribution in [0.15, 0.2) is 121 Å². The van der Waals surface area contributed by atoms with Gasteiger partial charge in [0.1, 0.15) is 11.5 Å². The molecule has 9 nitrogen and oxygen atoms in total. The van der Waals surface area contributed by atoms with E-state index in [0.29, 0.717) is 22.4 Å². The zero-order valence-electron chi connectivity index (χ0n) is 27.7. The van der Waals surface area contributed by atoms with E-state index in [-0.39, 0.29) is 46.9 Å². The van der Waals surface area contributed by atoms with Gasteiger partial charge in [0.05, 0.1) is 30.0 Å². The van der Waals surface area contributed by atoms with Crippen LogP contribution in [-0.2, 0) is 24.6 Å². The maximum atomic E-state index is 15.1. The van der Waals surface area contributed by atoms with Crippen LogP contribution < -0.4 is 15.1 Å². The molecule has 0 spiro atoms. The zero-order chi connectivity index (χ0) is 35.6. The van der Waals surface area contributed by atoms with Crippen molar-refractivity contribution in [2.45, 2.75) is 24.2 Å². The van der Waals surface area contributed by atoms with E-state index < -0.39 is 53.9 Å². The highest BCUT2D eigenvalue weighted by molar-refractivity contribution is 6.58. The number of amides is 2. The lowest BCUT2D eigenvalue weighted by atomic mass is 9.44. The lowest BCUT2D eigenvalue weighted by Crippen LogP contribution is -2.58. The Morgan fingerprint density at radius 3 is 2.24 bits per heavy atom. The van der Waals surface area contributed by atoms with Crippen molar-refractivity contribution in [3.63, 3.8) is 0 Å². The number of nitrogens with zero attached hydrogens (tertiary/aromatic N) is 1. The maximum absolute atomic E-state index is 15.1. The number of anilines is 1. The Kier molecular flexibility index (Phi) is 7.89. The normalized spacial score (nSPS) is 26.9. The molecule has 10 heteroatoms. The predicted octanol–water partition coefficient (Wildman–Crippen LogP) is 4.11. The highest BCUT2D eigenvalue weighted by Crippen LogP contribution is 2.64. The summed E-state index contributed by atoms with van der Waals surface area (Å²) in [4.78, 5) is 59.8. The van der Waals surface area contributed by atoms with Gasteiger partial charge in [0.25, 0.3) is 0 Å². The van der Waals surface area contributed by atoms with Gasteiger partial charge in [-0.15, -0.1) is 0 Å². The van der Waals surface area contributed by atoms with E-state index >= 15 is 9.59 Å². The molecular formula is C41H34BNO8. The fourth-order valence-electron chi connectivity index (χ4n) is 9.19. The summed E-state index contributed by atoms with van der Waals surface area (Å²) in [6.07, 6.45) is 3.69. The van der Waals surface area contributed by atoms with Crippen molar-refractivity contribution in [1.82, 2.24) is 0 Å². The van der Waals surface area contributed by atoms with Crippen LogP contribution in [0.1, 0.15) is 35.4 Å². The molecule has 2 amide bonds. The molecule has 1 saturated heterocycles. The predicted molar refractivity (Wildman–Crippen MR) is 190 cm³/mol. The van der Waals surface area contributed by atoms with Crippen molar-refractivity contribution in [3.8, 4) is 11.5 Å². The third-order valence-corrected chi connectivity index (χ3v) is 11.4. The van der Waals surface area contributed by atoms with Gasteiger partial charge in [-0.3, -0.25) is 24.1 Å². The average Bonchev–Trinajstić information content (AvgIpc) is 3.41. The van der Waals surface area contributed by atoms with Crippen LogP contribution in [0, 0.1) is 23.7 Å². The van der Waals surface area contributed by atoms with Gasteiger partial charge in [-0.1, -0.05) is 90.5 Å². The molecule has 3 aliphatic carbocycles. The van der Waals surface area contributed by atoms with Crippen molar-refractivity contribution in [2.75, 3.05) is 12.0 Å². The molecule has 3 N–H and O–H groups in total. The van der Waals surface area contributed by atoms with E-state index in [1.807, 2.05) is 42.5 Å². The molecule has 1 aliphatic heterocycles. The number of phenolic OH excluding ortho intramolecular Hbond substituents is 1. The highest BCUT2D eigenvalue weighted by atomic mass is 16.5. The number of carbonyl (C=O) groups excluding carboxylic acids is 4. The number of methoxy groups -OCH3 is 1. The van der Waals surface area contributed by atoms with Crippen LogP contribution in [0.25, 0.3) is 5.57 Å². The third-order valence-electron chi connectivity index (χ3n) is 11.4. The summed E-state index contributed by atoms with van der Waals surface area (Å²) >= 11 is 0. The molecule has 0 radical (unpaired) electrons. The van der Waals surface area contributed by atoms with E-state index in [0.717, 1.165) is 10.5 Å². The number of ketones is 2. The summed E-state index contributed by atoms with van der Waals surface area (Å²) in [6.45, 7) is 0. The Morgan fingerprint density at radius 1 is 0.824 bits per heavy atom. The van der Waals surface area contributed by atoms with Gasteiger partial charge in [0.15, 0.2) is 11.6 Å². The van der Waals surface area contributed by atoms with Crippen LogP contribution in [0.5, 0.6) is 11.5 Å². The molecular weight excluding hydrogens is 645 g/mol. The van der Waals surface area contributed by atoms with Crippen molar-refractivity contribution >= 4 is 47.2 Å². The molecule has 4 aliphatic rings. The second-order valence-electron chi connectivity index (χ2n) is 13.7. The minimum atomic E-state index is -1.79. The molecule has 51 heavy (non-hydrogen) atoms. The molecule has 2 fully saturated rings. The summed E-state index contributed by atoms with van der Waals surface area (Å²) in [5.74, 6) is -5.15. The van der Waals surface area contributed by atoms with E-state index in [2.05, 4.69) is 0 Å². The summed E-state index contributed by atoms with van der Waals surface area (Å²) in [5.41, 5.74) is 1.52. The first-order valence-corrected chi connectivity index (χ1v) is 17.0. The molecule has 4 aromatic carbocycles. The molecule has 0 aromatic heterocycles. The van der Waals surface area contributed by atoms with Crippen molar-refractivity contribution in [2.24, 2.45) is 23.7 Å². The van der Waals surface area contributed by atoms with Gasteiger partial charge in [-0.05, 0) is 59.6 Å². The molecule has 4 aromatic rings. The smallest absolute Gasteiger partial charge is 0.488 e. The molecule has 1 saturated carbocycles. The molecule has 1 heterocycles. The Bertz CT molecular complexity index is 2160. The largest absolute Gasteiger partial charge is 0.508 e. The number of fused-ring (bicyclic) bond motifs is 4. The number of phenols is 1. The van der Waals surface area contributed by atoms with E-state index in [1.54, 1.807) is 48.5 Å². The van der Waals surface area contributed by atoms with E-state index in [1.165, 1.54) is 31.4 Å². The first kappa shape index (κ1) is 32.6. The van der Waals surface area contributed by atoms with Gasteiger partial charge in [0, 0.05) is 29.0 Å². The minimum absolute atomic E-state index is 0.117. The number of ether oxygens (including phenoxy) is 1. The summed E-state index contributed by atoms with van der Waals surface area (Å²) in [6, 6.07) is 29.1. The summed E-state index contributed by atoms with van der Waals surface area (Å²) in [5, 5.41) is 31.3. The average molecular weight is 680 g/mol. The highest BCUT2D eigenvalue weighted by Gasteiger charge is 2.66. The lowest BCUT2D eigenvalue weighted by molar-refractivity contribution is -0.135. The van der Waals surface area contributed by atoms with Crippen LogP contribution in [0.4, 0.5) is 5.69 Å². The zero-order valence-corrected chi connectivity index (χ0v) is 27.7. The van der Waals surface area contributed by atoms with E-state index in [9.17, 15) is 24.7 Å². The number of imide groups is 1. The molecule has 254 valence electrons. The molecule has 6 atom stereocenters. The molecule has 0 bridgehead atoms. The molecule has 8 rings (SSSR count). The van der Waals surface area contributed by atoms with Crippen molar-refractivity contribution < 1.29 is 39.1 Å². The van der Waals surface area contributed by atoms with Crippen LogP contribution >= 0.6 is 0 Å². The SMILES string of the molecule is COc1ccc([C@H]2C3=CC[C@@H]4C(=O)N(c5cccc(B(O)O)c5)C(=O)[C@@H]4[C@@H]3C[C@H]3C(=O)C(c4ccccc4)=CC(=O)[C@@]23c2ccccc2)c(O)c1. The van der Waals surface area contributed by atoms with E-state index in [4.69, 9.17) is 4.74 Å². The molecule has 0 unspecified atom stereocenters. The quantitative estimate of drug-likeness (QED) is 0.157. The fourth-order valence-corrected chi connectivity index (χ4v) is 9.19. The van der Waals surface area contributed by atoms with Crippen molar-refractivity contribution in [1.29, 1.82) is 0 Å². The Hall–Kier alpha value is -5.58. The Balaban J connectivity index is 1.35. The number of carbonyl (C=O) groups is 4. The minimum Gasteiger partial charge on any atom is -0.508 e. The number of Topliss-reactive ketones (excluding diaryl/α,β-unsaturated/α-hetero) is 1. The number of aromatic hydroxyl groups is 1. The second-order valence-corrected chi connectivity index (χ2v) is 13.7. The monoisotopic (exact) mass is 679 g/mol. The topological polar surface area (TPSA) is 141 Å². The first-order chi connectivity index (χ1) is 24.7. The number of allylic oxidation sites excluding steroid dienone is 4. The standard InChI is InChI=1S/C41H34BNO8/c1-51-27-15-16-29(34(44)20-27)37-28-17-18-30-36(40(48)43(39(30)47)26-14-8-13-25(19-26)42(49)50)32(28)21-33-38(46)31(23-9-4-2-5-10-23)22-35(45)41(33,37)24-11-6-3-7-12-24/h2-17,19-20,22,30,32-33,36-37,44,49-50H,18,21H2,1H3/t30-,32+,33-,36-,37+,41-/m0/s1. The summed E-state index contributed by atoms with van der Waals surface area (Å²) < 4.78 is 5.40. The fraction of sp³-hybridized carbons (Fsp3) is 0.220. The van der Waals surface area contributed by atoms with Crippen LogP contribution in [0.2, 0.25) is 0 Å². The lowest BCUT2D eigenvalue weighted by Gasteiger charge is -2.55. The maximum Gasteiger partial charge on any atom is 0.488 e. The summed E-state index contributed by atoms with van der Waals surface area (Å²) in [7, 11) is -0.307. The number of hydrogen-bond acceptors (Lipinski definition) is 8. The van der Waals surface area contributed by atoms with Gasteiger partial charge in [-0.25, -0.2) is 0 Å². The third kappa shape index (κ3) is 4.85. The Morgan fingerprint density at radius 2 is 1.55 bits per heavy atom. The Labute approximate surface area is 294 Å². The number of benzene rings is 4. The number of hydrogen-bond donors (Lipinski definition) is 3. The van der Waals surface area contributed by atoms with Gasteiger partial charge in [0.2, 0.25) is 11.8 Å². The first-order valence-electron chi connectivity index (χ1n) is 17.0. The van der Waals surface area contributed by atoms with Gasteiger partial charge >= 0.3 is 7.12 Å². The van der Waals surface area contributed by atoms with Gasteiger partial charge in [-0.2, -0.15) is 0 Å². The number of rotatable bonds is 6. The van der Waals surface area contributed by atoms with Crippen molar-refractivity contribution in [3.05, 3.63) is 138 Å². The van der Waals surface area contributed by atoms with Crippen LogP contribution in [0.3, 0.4) is 0 Å². The second kappa shape index (κ2) is 12.3. The van der Waals surface area contributed by atoms with Crippen LogP contribution in [-0.4, -0.2) is 52.8 Å². The van der Waals surface area contributed by atoms with Gasteiger partial charge < -0.3 is 19.9 Å².